The first-order valence-corrected chi connectivity index (χ1v) is 5.36. The van der Waals surface area contributed by atoms with E-state index in [0.717, 1.165) is 0 Å². The number of hydrogen-bond acceptors (Lipinski definition) is 4. The van der Waals surface area contributed by atoms with Crippen LogP contribution in [-0.2, 0) is 4.79 Å². The predicted octanol–water partition coefficient (Wildman–Crippen LogP) is -0.409. The molecule has 2 amide bonds. The highest BCUT2D eigenvalue weighted by Gasteiger charge is 2.23. The lowest BCUT2D eigenvalue weighted by Gasteiger charge is -2.10. The van der Waals surface area contributed by atoms with Crippen LogP contribution in [0.2, 0.25) is 0 Å². The van der Waals surface area contributed by atoms with Crippen molar-refractivity contribution in [1.29, 1.82) is 0 Å². The summed E-state index contributed by atoms with van der Waals surface area (Å²) in [5.41, 5.74) is 6.73. The second kappa shape index (κ2) is 4.40. The largest absolute Gasteiger partial charge is 0.384 e. The van der Waals surface area contributed by atoms with E-state index >= 15 is 0 Å². The molecule has 17 heavy (non-hydrogen) atoms. The maximum Gasteiger partial charge on any atom is 0.251 e. The Balaban J connectivity index is 2.06. The van der Waals surface area contributed by atoms with Crippen LogP contribution in [0.3, 0.4) is 0 Å². The molecule has 0 spiro atoms. The van der Waals surface area contributed by atoms with E-state index in [2.05, 4.69) is 15.6 Å². The molecule has 1 unspecified atom stereocenters. The number of amides is 2. The maximum atomic E-state index is 11.9. The van der Waals surface area contributed by atoms with Crippen LogP contribution in [0.4, 0.5) is 5.82 Å². The van der Waals surface area contributed by atoms with Gasteiger partial charge in [0.25, 0.3) is 5.91 Å². The summed E-state index contributed by atoms with van der Waals surface area (Å²) in [6.07, 6.45) is 0.325. The van der Waals surface area contributed by atoms with E-state index in [-0.39, 0.29) is 17.9 Å². The van der Waals surface area contributed by atoms with E-state index in [1.54, 1.807) is 13.0 Å². The quantitative estimate of drug-likeness (QED) is 0.648. The number of carbonyl (C=O) groups is 2. The Bertz CT molecular complexity index is 452. The highest BCUT2D eigenvalue weighted by molar-refractivity contribution is 5.95. The SMILES string of the molecule is Cc1cc(C(=O)NC2CNC(=O)C2)cc(N)n1. The molecule has 0 bridgehead atoms. The minimum atomic E-state index is -0.233. The number of nitrogens with zero attached hydrogens (tertiary/aromatic N) is 1. The number of pyridine rings is 1. The Morgan fingerprint density at radius 2 is 2.35 bits per heavy atom. The van der Waals surface area contributed by atoms with Crippen LogP contribution in [0, 0.1) is 6.92 Å². The second-order valence-electron chi connectivity index (χ2n) is 4.10. The van der Waals surface area contributed by atoms with Gasteiger partial charge in [0.1, 0.15) is 5.82 Å². The molecule has 4 N–H and O–H groups in total. The van der Waals surface area contributed by atoms with Crippen molar-refractivity contribution in [3.05, 3.63) is 23.4 Å². The number of carbonyl (C=O) groups excluding carboxylic acids is 2. The third kappa shape index (κ3) is 2.72. The molecule has 1 saturated heterocycles. The van der Waals surface area contributed by atoms with Crippen molar-refractivity contribution in [2.75, 3.05) is 12.3 Å². The average Bonchev–Trinajstić information content (AvgIpc) is 2.62. The smallest absolute Gasteiger partial charge is 0.251 e. The first kappa shape index (κ1) is 11.4. The summed E-state index contributed by atoms with van der Waals surface area (Å²) in [6, 6.07) is 3.03. The molecule has 6 heteroatoms. The second-order valence-corrected chi connectivity index (χ2v) is 4.10. The van der Waals surface area contributed by atoms with Gasteiger partial charge in [-0.1, -0.05) is 0 Å². The summed E-state index contributed by atoms with van der Waals surface area (Å²) in [5, 5.41) is 5.43. The Morgan fingerprint density at radius 3 is 2.94 bits per heavy atom. The number of anilines is 1. The fourth-order valence-electron chi connectivity index (χ4n) is 1.80. The van der Waals surface area contributed by atoms with Gasteiger partial charge in [0.15, 0.2) is 0 Å². The molecule has 1 atom stereocenters. The molecular weight excluding hydrogens is 220 g/mol. The van der Waals surface area contributed by atoms with Crippen molar-refractivity contribution in [2.45, 2.75) is 19.4 Å². The number of nitrogen functional groups attached to an aromatic ring is 1. The first-order chi connectivity index (χ1) is 8.04. The number of aromatic nitrogens is 1. The van der Waals surface area contributed by atoms with Crippen LogP contribution in [0.15, 0.2) is 12.1 Å². The van der Waals surface area contributed by atoms with Gasteiger partial charge in [-0.3, -0.25) is 9.59 Å². The van der Waals surface area contributed by atoms with Gasteiger partial charge < -0.3 is 16.4 Å². The molecule has 0 saturated carbocycles. The van der Waals surface area contributed by atoms with E-state index in [1.165, 1.54) is 6.07 Å². The van der Waals surface area contributed by atoms with Crippen molar-refractivity contribution < 1.29 is 9.59 Å². The molecule has 6 nitrogen and oxygen atoms in total. The summed E-state index contributed by atoms with van der Waals surface area (Å²) in [7, 11) is 0. The van der Waals surface area contributed by atoms with E-state index in [1.807, 2.05) is 0 Å². The minimum Gasteiger partial charge on any atom is -0.384 e. The highest BCUT2D eigenvalue weighted by atomic mass is 16.2. The number of nitrogens with one attached hydrogen (secondary N) is 2. The third-order valence-corrected chi connectivity index (χ3v) is 2.55. The Morgan fingerprint density at radius 1 is 1.59 bits per heavy atom. The summed E-state index contributed by atoms with van der Waals surface area (Å²) < 4.78 is 0. The summed E-state index contributed by atoms with van der Waals surface area (Å²) in [5.74, 6) is 0.0418. The lowest BCUT2D eigenvalue weighted by molar-refractivity contribution is -0.119. The minimum absolute atomic E-state index is 0.0410. The Kier molecular flexibility index (Phi) is 2.95. The van der Waals surface area contributed by atoms with Gasteiger partial charge in [-0.2, -0.15) is 0 Å². The standard InChI is InChI=1S/C11H14N4O2/c1-6-2-7(3-9(12)14-6)11(17)15-8-4-10(16)13-5-8/h2-3,8H,4-5H2,1H3,(H2,12,14)(H,13,16)(H,15,17). The zero-order valence-corrected chi connectivity index (χ0v) is 9.49. The van der Waals surface area contributed by atoms with Crippen LogP contribution in [-0.4, -0.2) is 29.4 Å². The van der Waals surface area contributed by atoms with Gasteiger partial charge >= 0.3 is 0 Å². The molecule has 90 valence electrons. The molecule has 1 fully saturated rings. The van der Waals surface area contributed by atoms with Gasteiger partial charge in [-0.15, -0.1) is 0 Å². The van der Waals surface area contributed by atoms with Crippen LogP contribution in [0.1, 0.15) is 22.5 Å². The van der Waals surface area contributed by atoms with Gasteiger partial charge in [0.05, 0.1) is 6.04 Å². The van der Waals surface area contributed by atoms with Crippen LogP contribution < -0.4 is 16.4 Å². The summed E-state index contributed by atoms with van der Waals surface area (Å²) >= 11 is 0. The van der Waals surface area contributed by atoms with Crippen molar-refractivity contribution in [2.24, 2.45) is 0 Å². The van der Waals surface area contributed by atoms with Crippen LogP contribution in [0.5, 0.6) is 0 Å². The lowest BCUT2D eigenvalue weighted by Crippen LogP contribution is -2.36. The van der Waals surface area contributed by atoms with Crippen LogP contribution >= 0.6 is 0 Å². The average molecular weight is 234 g/mol. The monoisotopic (exact) mass is 234 g/mol. The van der Waals surface area contributed by atoms with E-state index in [0.29, 0.717) is 30.0 Å². The molecular formula is C11H14N4O2. The maximum absolute atomic E-state index is 11.9. The Labute approximate surface area is 98.6 Å². The molecule has 1 aliphatic rings. The van der Waals surface area contributed by atoms with Gasteiger partial charge in [0, 0.05) is 24.2 Å². The summed E-state index contributed by atoms with van der Waals surface area (Å²) in [6.45, 7) is 2.25. The zero-order chi connectivity index (χ0) is 12.4. The molecule has 1 aromatic rings. The highest BCUT2D eigenvalue weighted by Crippen LogP contribution is 2.08. The predicted molar refractivity (Wildman–Crippen MR) is 62.3 cm³/mol. The summed E-state index contributed by atoms with van der Waals surface area (Å²) in [4.78, 5) is 26.9. The molecule has 2 rings (SSSR count). The fourth-order valence-corrected chi connectivity index (χ4v) is 1.80. The molecule has 1 aliphatic heterocycles. The zero-order valence-electron chi connectivity index (χ0n) is 9.49. The molecule has 0 aromatic carbocycles. The molecule has 1 aromatic heterocycles. The Hall–Kier alpha value is -2.11. The van der Waals surface area contributed by atoms with Gasteiger partial charge in [0.2, 0.25) is 5.91 Å². The third-order valence-electron chi connectivity index (χ3n) is 2.55. The van der Waals surface area contributed by atoms with Crippen molar-refractivity contribution in [3.8, 4) is 0 Å². The number of hydrogen-bond donors (Lipinski definition) is 3. The molecule has 2 heterocycles. The van der Waals surface area contributed by atoms with E-state index in [4.69, 9.17) is 5.73 Å². The van der Waals surface area contributed by atoms with Crippen molar-refractivity contribution in [1.82, 2.24) is 15.6 Å². The van der Waals surface area contributed by atoms with Crippen molar-refractivity contribution in [3.63, 3.8) is 0 Å². The van der Waals surface area contributed by atoms with E-state index < -0.39 is 0 Å². The van der Waals surface area contributed by atoms with Gasteiger partial charge in [-0.25, -0.2) is 4.98 Å². The molecule has 0 aliphatic carbocycles. The van der Waals surface area contributed by atoms with Crippen LogP contribution in [0.25, 0.3) is 0 Å². The first-order valence-electron chi connectivity index (χ1n) is 5.36. The number of aryl methyl sites for hydroxylation is 1. The normalized spacial score (nSPS) is 18.9. The number of nitrogens with two attached hydrogens (primary N) is 1. The number of rotatable bonds is 2. The van der Waals surface area contributed by atoms with Gasteiger partial charge in [-0.05, 0) is 19.1 Å². The van der Waals surface area contributed by atoms with E-state index in [9.17, 15) is 9.59 Å². The molecule has 0 radical (unpaired) electrons. The lowest BCUT2D eigenvalue weighted by atomic mass is 10.2. The fraction of sp³-hybridized carbons (Fsp3) is 0.364. The topological polar surface area (TPSA) is 97.1 Å². The van der Waals surface area contributed by atoms with Crippen molar-refractivity contribution >= 4 is 17.6 Å².